The molecule has 1 atom stereocenters. The highest BCUT2D eigenvalue weighted by Gasteiger charge is 2.36. The van der Waals surface area contributed by atoms with Gasteiger partial charge in [0.1, 0.15) is 5.84 Å². The number of hydrogen-bond acceptors (Lipinski definition) is 3. The standard InChI is InChI=1S/C23H37N3O2/c1-16(2)15-23(3)20(27)12-19(13-21(24)25-23)7-4-17-8-10-26(11-9-17)22(28)14-18-5-6-18/h13,16-18H,4-12,14-15H2,1-3H3,(H2,24,25). The molecule has 5 nitrogen and oxygen atoms in total. The second kappa shape index (κ2) is 8.79. The highest BCUT2D eigenvalue weighted by Crippen LogP contribution is 2.34. The Morgan fingerprint density at radius 1 is 1.25 bits per heavy atom. The van der Waals surface area contributed by atoms with Crippen LogP contribution >= 0.6 is 0 Å². The van der Waals surface area contributed by atoms with Gasteiger partial charge in [-0.1, -0.05) is 19.4 Å². The minimum atomic E-state index is -0.628. The fourth-order valence-electron chi connectivity index (χ4n) is 4.76. The summed E-state index contributed by atoms with van der Waals surface area (Å²) in [7, 11) is 0. The predicted octanol–water partition coefficient (Wildman–Crippen LogP) is 4.08. The van der Waals surface area contributed by atoms with E-state index in [4.69, 9.17) is 5.41 Å². The number of piperidine rings is 1. The second-order valence-electron chi connectivity index (χ2n) is 9.88. The van der Waals surface area contributed by atoms with Crippen molar-refractivity contribution in [3.63, 3.8) is 0 Å². The summed E-state index contributed by atoms with van der Waals surface area (Å²) in [5.41, 5.74) is 0.457. The fraction of sp³-hybridized carbons (Fsp3) is 0.783. The first-order chi connectivity index (χ1) is 13.2. The van der Waals surface area contributed by atoms with Crippen LogP contribution in [0.1, 0.15) is 78.6 Å². The lowest BCUT2D eigenvalue weighted by molar-refractivity contribution is -0.133. The molecule has 1 unspecified atom stereocenters. The molecular weight excluding hydrogens is 350 g/mol. The summed E-state index contributed by atoms with van der Waals surface area (Å²) in [6, 6.07) is 0. The number of likely N-dealkylation sites (tertiary alicyclic amines) is 1. The molecule has 156 valence electrons. The van der Waals surface area contributed by atoms with E-state index in [1.54, 1.807) is 0 Å². The van der Waals surface area contributed by atoms with Crippen LogP contribution in [0.3, 0.4) is 0 Å². The quantitative estimate of drug-likeness (QED) is 0.691. The normalized spacial score (nSPS) is 26.9. The molecule has 0 spiro atoms. The van der Waals surface area contributed by atoms with E-state index in [1.165, 1.54) is 12.8 Å². The third-order valence-corrected chi connectivity index (χ3v) is 6.58. The number of nitrogens with zero attached hydrogens (tertiary/aromatic N) is 1. The van der Waals surface area contributed by atoms with Gasteiger partial charge in [-0.05, 0) is 75.7 Å². The minimum absolute atomic E-state index is 0.204. The van der Waals surface area contributed by atoms with E-state index in [0.29, 0.717) is 35.9 Å². The van der Waals surface area contributed by atoms with Gasteiger partial charge in [0.15, 0.2) is 5.78 Å². The second-order valence-corrected chi connectivity index (χ2v) is 9.88. The van der Waals surface area contributed by atoms with Crippen molar-refractivity contribution in [2.24, 2.45) is 17.8 Å². The van der Waals surface area contributed by atoms with Gasteiger partial charge in [0.25, 0.3) is 0 Å². The van der Waals surface area contributed by atoms with E-state index in [2.05, 4.69) is 24.1 Å². The summed E-state index contributed by atoms with van der Waals surface area (Å²) >= 11 is 0. The average molecular weight is 388 g/mol. The minimum Gasteiger partial charge on any atom is -0.358 e. The van der Waals surface area contributed by atoms with Crippen molar-refractivity contribution in [3.05, 3.63) is 11.6 Å². The molecule has 1 amide bonds. The third-order valence-electron chi connectivity index (χ3n) is 6.58. The smallest absolute Gasteiger partial charge is 0.222 e. The first-order valence-corrected chi connectivity index (χ1v) is 11.1. The molecule has 0 aromatic carbocycles. The summed E-state index contributed by atoms with van der Waals surface area (Å²) < 4.78 is 0. The first kappa shape index (κ1) is 21.1. The van der Waals surface area contributed by atoms with Crippen molar-refractivity contribution < 1.29 is 9.59 Å². The first-order valence-electron chi connectivity index (χ1n) is 11.1. The third kappa shape index (κ3) is 5.68. The molecule has 0 bridgehead atoms. The average Bonchev–Trinajstić information content (AvgIpc) is 3.43. The lowest BCUT2D eigenvalue weighted by Crippen LogP contribution is -2.51. The van der Waals surface area contributed by atoms with E-state index in [9.17, 15) is 9.59 Å². The zero-order chi connectivity index (χ0) is 20.3. The molecule has 0 aromatic rings. The van der Waals surface area contributed by atoms with Gasteiger partial charge in [0.05, 0.1) is 5.54 Å². The monoisotopic (exact) mass is 387 g/mol. The number of allylic oxidation sites excluding steroid dienone is 1. The lowest BCUT2D eigenvalue weighted by Gasteiger charge is -2.32. The topological polar surface area (TPSA) is 73.3 Å². The zero-order valence-corrected chi connectivity index (χ0v) is 17.9. The van der Waals surface area contributed by atoms with E-state index in [0.717, 1.165) is 57.2 Å². The molecular formula is C23H37N3O2. The summed E-state index contributed by atoms with van der Waals surface area (Å²) in [6.45, 7) is 7.95. The van der Waals surface area contributed by atoms with Gasteiger partial charge in [-0.3, -0.25) is 15.0 Å². The zero-order valence-electron chi connectivity index (χ0n) is 17.9. The highest BCUT2D eigenvalue weighted by atomic mass is 16.2. The van der Waals surface area contributed by atoms with Crippen LogP contribution in [-0.4, -0.2) is 41.1 Å². The maximum Gasteiger partial charge on any atom is 0.222 e. The SMILES string of the molecule is CC(C)CC1(C)NC(=N)C=C(CCC2CCN(C(=O)CC3CC3)CC2)CC1=O. The Kier molecular flexibility index (Phi) is 6.61. The number of carbonyl (C=O) groups excluding carboxylic acids is 2. The summed E-state index contributed by atoms with van der Waals surface area (Å²) in [4.78, 5) is 27.2. The predicted molar refractivity (Wildman–Crippen MR) is 112 cm³/mol. The maximum atomic E-state index is 12.8. The number of amides is 1. The van der Waals surface area contributed by atoms with Crippen LogP contribution in [0.2, 0.25) is 0 Å². The molecule has 0 aromatic heterocycles. The molecule has 1 saturated heterocycles. The van der Waals surface area contributed by atoms with Crippen LogP contribution in [-0.2, 0) is 9.59 Å². The number of amidine groups is 1. The van der Waals surface area contributed by atoms with Crippen molar-refractivity contribution in [1.82, 2.24) is 10.2 Å². The largest absolute Gasteiger partial charge is 0.358 e. The van der Waals surface area contributed by atoms with E-state index in [-0.39, 0.29) is 5.78 Å². The van der Waals surface area contributed by atoms with Crippen LogP contribution < -0.4 is 5.32 Å². The van der Waals surface area contributed by atoms with Crippen LogP contribution in [0.5, 0.6) is 0 Å². The molecule has 0 radical (unpaired) electrons. The number of rotatable bonds is 7. The fourth-order valence-corrected chi connectivity index (χ4v) is 4.76. The molecule has 2 aliphatic heterocycles. The number of carbonyl (C=O) groups is 2. The maximum absolute atomic E-state index is 12.8. The number of ketones is 1. The van der Waals surface area contributed by atoms with Gasteiger partial charge in [-0.25, -0.2) is 0 Å². The van der Waals surface area contributed by atoms with Gasteiger partial charge in [-0.15, -0.1) is 0 Å². The Labute approximate surface area is 169 Å². The molecule has 3 aliphatic rings. The highest BCUT2D eigenvalue weighted by molar-refractivity contribution is 6.01. The van der Waals surface area contributed by atoms with E-state index >= 15 is 0 Å². The Balaban J connectivity index is 1.46. The number of hydrogen-bond donors (Lipinski definition) is 2. The van der Waals surface area contributed by atoms with Crippen LogP contribution in [0.25, 0.3) is 0 Å². The van der Waals surface area contributed by atoms with Crippen molar-refractivity contribution in [3.8, 4) is 0 Å². The molecule has 2 N–H and O–H groups in total. The van der Waals surface area contributed by atoms with Crippen molar-refractivity contribution in [2.45, 2.75) is 84.1 Å². The van der Waals surface area contributed by atoms with Crippen molar-refractivity contribution in [2.75, 3.05) is 13.1 Å². The molecule has 1 aliphatic carbocycles. The van der Waals surface area contributed by atoms with Crippen LogP contribution in [0, 0.1) is 23.2 Å². The van der Waals surface area contributed by atoms with E-state index < -0.39 is 5.54 Å². The summed E-state index contributed by atoms with van der Waals surface area (Å²) in [5.74, 6) is 2.61. The van der Waals surface area contributed by atoms with Gasteiger partial charge in [0, 0.05) is 25.9 Å². The lowest BCUT2D eigenvalue weighted by atomic mass is 9.83. The Bertz CT molecular complexity index is 642. The Hall–Kier alpha value is -1.65. The van der Waals surface area contributed by atoms with Crippen molar-refractivity contribution in [1.29, 1.82) is 5.41 Å². The van der Waals surface area contributed by atoms with Crippen LogP contribution in [0.4, 0.5) is 0 Å². The molecule has 5 heteroatoms. The van der Waals surface area contributed by atoms with Gasteiger partial charge >= 0.3 is 0 Å². The number of nitrogens with one attached hydrogen (secondary N) is 2. The van der Waals surface area contributed by atoms with Crippen LogP contribution in [0.15, 0.2) is 11.6 Å². The molecule has 2 heterocycles. The Morgan fingerprint density at radius 2 is 1.93 bits per heavy atom. The molecule has 3 rings (SSSR count). The molecule has 1 saturated carbocycles. The van der Waals surface area contributed by atoms with Gasteiger partial charge in [0.2, 0.25) is 5.91 Å². The molecule has 28 heavy (non-hydrogen) atoms. The van der Waals surface area contributed by atoms with E-state index in [1.807, 2.05) is 13.0 Å². The van der Waals surface area contributed by atoms with Crippen molar-refractivity contribution >= 4 is 17.5 Å². The van der Waals surface area contributed by atoms with Gasteiger partial charge in [-0.2, -0.15) is 0 Å². The Morgan fingerprint density at radius 3 is 2.54 bits per heavy atom. The molecule has 2 fully saturated rings. The summed E-state index contributed by atoms with van der Waals surface area (Å²) in [6.07, 6.45) is 10.4. The van der Waals surface area contributed by atoms with Gasteiger partial charge < -0.3 is 10.2 Å². The number of Topliss-reactive ketones (excluding diaryl/α,β-unsaturated/α-hetero) is 1. The summed E-state index contributed by atoms with van der Waals surface area (Å²) in [5, 5.41) is 11.4.